The molecule has 0 spiro atoms. The predicted molar refractivity (Wildman–Crippen MR) is 89.4 cm³/mol. The molecule has 2 aromatic rings. The lowest BCUT2D eigenvalue weighted by atomic mass is 9.74. The number of rotatable bonds is 4. The monoisotopic (exact) mass is 348 g/mol. The van der Waals surface area contributed by atoms with Gasteiger partial charge in [0.05, 0.1) is 5.41 Å². The summed E-state index contributed by atoms with van der Waals surface area (Å²) in [6, 6.07) is 13.2. The Hall–Kier alpha value is -1.91. The second kappa shape index (κ2) is 7.32. The third-order valence-electron chi connectivity index (χ3n) is 4.42. The van der Waals surface area contributed by atoms with Gasteiger partial charge in [0, 0.05) is 18.2 Å². The SMILES string of the molecule is O=C(OCc1ccc(Cl)cc1)C1(c2ccc(F)cc2)CCOCC1. The van der Waals surface area contributed by atoms with Crippen LogP contribution in [0.25, 0.3) is 0 Å². The van der Waals surface area contributed by atoms with Gasteiger partial charge in [0.2, 0.25) is 0 Å². The molecule has 0 bridgehead atoms. The molecule has 3 rings (SSSR count). The van der Waals surface area contributed by atoms with Crippen LogP contribution >= 0.6 is 11.6 Å². The molecule has 1 fully saturated rings. The molecule has 0 aliphatic carbocycles. The van der Waals surface area contributed by atoms with E-state index in [2.05, 4.69) is 0 Å². The first-order chi connectivity index (χ1) is 11.6. The molecule has 0 unspecified atom stereocenters. The fourth-order valence-electron chi connectivity index (χ4n) is 2.97. The van der Waals surface area contributed by atoms with Crippen molar-refractivity contribution < 1.29 is 18.7 Å². The van der Waals surface area contributed by atoms with Crippen LogP contribution in [0.15, 0.2) is 48.5 Å². The number of hydrogen-bond donors (Lipinski definition) is 0. The summed E-state index contributed by atoms with van der Waals surface area (Å²) in [5, 5.41) is 0.636. The van der Waals surface area contributed by atoms with Crippen molar-refractivity contribution in [3.8, 4) is 0 Å². The molecular weight excluding hydrogens is 331 g/mol. The molecule has 0 aromatic heterocycles. The largest absolute Gasteiger partial charge is 0.460 e. The number of carbonyl (C=O) groups is 1. The molecule has 2 aromatic carbocycles. The number of esters is 1. The maximum atomic E-state index is 13.2. The Morgan fingerprint density at radius 1 is 1.08 bits per heavy atom. The van der Waals surface area contributed by atoms with Crippen molar-refractivity contribution >= 4 is 17.6 Å². The van der Waals surface area contributed by atoms with E-state index < -0.39 is 5.41 Å². The van der Waals surface area contributed by atoms with Gasteiger partial charge in [0.25, 0.3) is 0 Å². The highest BCUT2D eigenvalue weighted by Crippen LogP contribution is 2.36. The van der Waals surface area contributed by atoms with Gasteiger partial charge in [0.1, 0.15) is 12.4 Å². The normalized spacial score (nSPS) is 16.6. The topological polar surface area (TPSA) is 35.5 Å². The maximum Gasteiger partial charge on any atom is 0.317 e. The van der Waals surface area contributed by atoms with E-state index in [4.69, 9.17) is 21.1 Å². The van der Waals surface area contributed by atoms with E-state index in [1.165, 1.54) is 12.1 Å². The van der Waals surface area contributed by atoms with E-state index >= 15 is 0 Å². The summed E-state index contributed by atoms with van der Waals surface area (Å²) in [5.41, 5.74) is 0.862. The van der Waals surface area contributed by atoms with Crippen LogP contribution in [-0.2, 0) is 26.3 Å². The van der Waals surface area contributed by atoms with E-state index in [0.29, 0.717) is 31.1 Å². The van der Waals surface area contributed by atoms with Crippen molar-refractivity contribution in [2.75, 3.05) is 13.2 Å². The second-order valence-electron chi connectivity index (χ2n) is 5.90. The number of benzene rings is 2. The van der Waals surface area contributed by atoms with Crippen LogP contribution in [0.5, 0.6) is 0 Å². The molecule has 0 radical (unpaired) electrons. The lowest BCUT2D eigenvalue weighted by Crippen LogP contribution is -2.42. The molecular formula is C19H18ClFO3. The van der Waals surface area contributed by atoms with E-state index in [-0.39, 0.29) is 18.4 Å². The predicted octanol–water partition coefficient (Wildman–Crippen LogP) is 4.27. The van der Waals surface area contributed by atoms with Crippen LogP contribution in [0.3, 0.4) is 0 Å². The third-order valence-corrected chi connectivity index (χ3v) is 4.67. The summed E-state index contributed by atoms with van der Waals surface area (Å²) >= 11 is 5.86. The Labute approximate surface area is 145 Å². The van der Waals surface area contributed by atoms with Gasteiger partial charge < -0.3 is 9.47 Å². The number of carbonyl (C=O) groups excluding carboxylic acids is 1. The van der Waals surface area contributed by atoms with E-state index in [0.717, 1.165) is 11.1 Å². The maximum absolute atomic E-state index is 13.2. The Balaban J connectivity index is 1.78. The fraction of sp³-hybridized carbons (Fsp3) is 0.316. The first-order valence-corrected chi connectivity index (χ1v) is 8.23. The zero-order valence-corrected chi connectivity index (χ0v) is 13.9. The fourth-order valence-corrected chi connectivity index (χ4v) is 3.09. The lowest BCUT2D eigenvalue weighted by Gasteiger charge is -2.35. The summed E-state index contributed by atoms with van der Waals surface area (Å²) in [5.74, 6) is -0.622. The van der Waals surface area contributed by atoms with Gasteiger partial charge in [-0.15, -0.1) is 0 Å². The van der Waals surface area contributed by atoms with Crippen molar-refractivity contribution in [3.05, 3.63) is 70.5 Å². The Kier molecular flexibility index (Phi) is 5.17. The summed E-state index contributed by atoms with van der Waals surface area (Å²) in [6.07, 6.45) is 1.05. The van der Waals surface area contributed by atoms with Gasteiger partial charge >= 0.3 is 5.97 Å². The molecule has 126 valence electrons. The molecule has 5 heteroatoms. The molecule has 0 amide bonds. The molecule has 1 aliphatic rings. The molecule has 0 atom stereocenters. The zero-order chi connectivity index (χ0) is 17.0. The van der Waals surface area contributed by atoms with Gasteiger partial charge in [-0.2, -0.15) is 0 Å². The van der Waals surface area contributed by atoms with Crippen molar-refractivity contribution in [1.29, 1.82) is 0 Å². The van der Waals surface area contributed by atoms with Gasteiger partial charge in [-0.05, 0) is 48.2 Å². The van der Waals surface area contributed by atoms with Gasteiger partial charge in [0.15, 0.2) is 0 Å². The van der Waals surface area contributed by atoms with Crippen molar-refractivity contribution in [2.45, 2.75) is 24.9 Å². The first-order valence-electron chi connectivity index (χ1n) is 7.86. The molecule has 0 N–H and O–H groups in total. The van der Waals surface area contributed by atoms with E-state index in [1.54, 1.807) is 24.3 Å². The molecule has 1 saturated heterocycles. The van der Waals surface area contributed by atoms with Crippen molar-refractivity contribution in [3.63, 3.8) is 0 Å². The lowest BCUT2D eigenvalue weighted by molar-refractivity contribution is -0.156. The van der Waals surface area contributed by atoms with Gasteiger partial charge in [-0.3, -0.25) is 4.79 Å². The van der Waals surface area contributed by atoms with Gasteiger partial charge in [-0.1, -0.05) is 35.9 Å². The van der Waals surface area contributed by atoms with Crippen LogP contribution in [0.4, 0.5) is 4.39 Å². The zero-order valence-electron chi connectivity index (χ0n) is 13.1. The first kappa shape index (κ1) is 16.9. The van der Waals surface area contributed by atoms with Crippen molar-refractivity contribution in [2.24, 2.45) is 0 Å². The van der Waals surface area contributed by atoms with Crippen LogP contribution in [0.1, 0.15) is 24.0 Å². The summed E-state index contributed by atoms with van der Waals surface area (Å²) < 4.78 is 24.2. The number of halogens is 2. The minimum absolute atomic E-state index is 0.180. The molecule has 0 saturated carbocycles. The summed E-state index contributed by atoms with van der Waals surface area (Å²) in [6.45, 7) is 1.14. The number of ether oxygens (including phenoxy) is 2. The molecule has 1 heterocycles. The average Bonchev–Trinajstić information content (AvgIpc) is 2.62. The van der Waals surface area contributed by atoms with Crippen LogP contribution in [-0.4, -0.2) is 19.2 Å². The van der Waals surface area contributed by atoms with E-state index in [1.807, 2.05) is 12.1 Å². The van der Waals surface area contributed by atoms with Crippen LogP contribution in [0, 0.1) is 5.82 Å². The van der Waals surface area contributed by atoms with E-state index in [9.17, 15) is 9.18 Å². The second-order valence-corrected chi connectivity index (χ2v) is 6.34. The molecule has 1 aliphatic heterocycles. The van der Waals surface area contributed by atoms with Crippen molar-refractivity contribution in [1.82, 2.24) is 0 Å². The quantitative estimate of drug-likeness (QED) is 0.774. The molecule has 24 heavy (non-hydrogen) atoms. The Morgan fingerprint density at radius 3 is 2.33 bits per heavy atom. The smallest absolute Gasteiger partial charge is 0.317 e. The molecule has 3 nitrogen and oxygen atoms in total. The Morgan fingerprint density at radius 2 is 1.71 bits per heavy atom. The highest BCUT2D eigenvalue weighted by atomic mass is 35.5. The minimum atomic E-state index is -0.779. The third kappa shape index (κ3) is 3.60. The minimum Gasteiger partial charge on any atom is -0.460 e. The van der Waals surface area contributed by atoms with Crippen LogP contribution < -0.4 is 0 Å². The highest BCUT2D eigenvalue weighted by molar-refractivity contribution is 6.30. The Bertz CT molecular complexity index is 692. The standard InChI is InChI=1S/C19H18ClFO3/c20-16-5-1-14(2-6-16)13-24-18(22)19(9-11-23-12-10-19)15-3-7-17(21)8-4-15/h1-8H,9-13H2. The average molecular weight is 349 g/mol. The summed E-state index contributed by atoms with van der Waals surface area (Å²) in [4.78, 5) is 12.8. The van der Waals surface area contributed by atoms with Gasteiger partial charge in [-0.25, -0.2) is 4.39 Å². The van der Waals surface area contributed by atoms with Crippen LogP contribution in [0.2, 0.25) is 5.02 Å². The highest BCUT2D eigenvalue weighted by Gasteiger charge is 2.43. The number of hydrogen-bond acceptors (Lipinski definition) is 3. The summed E-state index contributed by atoms with van der Waals surface area (Å²) in [7, 11) is 0.